The average molecular weight is 399 g/mol. The number of rotatable bonds is 2. The lowest BCUT2D eigenvalue weighted by molar-refractivity contribution is -0.186. The molecule has 1 aromatic heterocycles. The molecule has 1 aromatic carbocycles. The highest BCUT2D eigenvalue weighted by atomic mass is 19.1. The maximum atomic E-state index is 13.8. The minimum Gasteiger partial charge on any atom is -0.378 e. The van der Waals surface area contributed by atoms with Crippen molar-refractivity contribution in [1.29, 1.82) is 0 Å². The Labute approximate surface area is 169 Å². The highest BCUT2D eigenvalue weighted by Gasteiger charge is 2.48. The van der Waals surface area contributed by atoms with E-state index in [4.69, 9.17) is 9.47 Å². The highest BCUT2D eigenvalue weighted by molar-refractivity contribution is 5.94. The molecule has 0 radical (unpaired) electrons. The number of carbonyl (C=O) groups is 1. The van der Waals surface area contributed by atoms with Crippen molar-refractivity contribution in [2.24, 2.45) is 0 Å². The van der Waals surface area contributed by atoms with E-state index in [0.717, 1.165) is 36.9 Å². The predicted molar refractivity (Wildman–Crippen MR) is 105 cm³/mol. The van der Waals surface area contributed by atoms with Gasteiger partial charge in [-0.2, -0.15) is 5.10 Å². The second-order valence-corrected chi connectivity index (χ2v) is 9.03. The predicted octanol–water partition coefficient (Wildman–Crippen LogP) is 2.91. The van der Waals surface area contributed by atoms with Crippen LogP contribution in [0.5, 0.6) is 0 Å². The highest BCUT2D eigenvalue weighted by Crippen LogP contribution is 2.36. The van der Waals surface area contributed by atoms with Crippen LogP contribution in [-0.2, 0) is 22.3 Å². The molecule has 3 heterocycles. The Balaban J connectivity index is 1.51. The number of amides is 1. The topological polar surface area (TPSA) is 56.6 Å². The minimum absolute atomic E-state index is 0.0686. The van der Waals surface area contributed by atoms with Crippen LogP contribution in [0.1, 0.15) is 48.4 Å². The van der Waals surface area contributed by atoms with Gasteiger partial charge in [0.2, 0.25) is 0 Å². The van der Waals surface area contributed by atoms with Crippen LogP contribution >= 0.6 is 0 Å². The number of hydrogen-bond acceptors (Lipinski definition) is 4. The molecule has 0 unspecified atom stereocenters. The summed E-state index contributed by atoms with van der Waals surface area (Å²) < 4.78 is 27.4. The number of benzene rings is 1. The maximum Gasteiger partial charge on any atom is 0.274 e. The third-order valence-corrected chi connectivity index (χ3v) is 6.08. The first-order chi connectivity index (χ1) is 13.9. The number of morpholine rings is 1. The lowest BCUT2D eigenvalue weighted by atomic mass is 9.94. The maximum absolute atomic E-state index is 13.8. The second-order valence-electron chi connectivity index (χ2n) is 9.03. The van der Waals surface area contributed by atoms with Gasteiger partial charge in [-0.1, -0.05) is 6.07 Å². The number of aromatic nitrogens is 2. The number of carbonyl (C=O) groups excluding carboxylic acids is 1. The zero-order chi connectivity index (χ0) is 20.2. The summed E-state index contributed by atoms with van der Waals surface area (Å²) in [6.45, 7) is 6.22. The summed E-state index contributed by atoms with van der Waals surface area (Å²) in [5, 5.41) is 4.67. The first-order valence-corrected chi connectivity index (χ1v) is 10.3. The van der Waals surface area contributed by atoms with E-state index in [9.17, 15) is 9.18 Å². The lowest BCUT2D eigenvalue weighted by Crippen LogP contribution is -2.61. The van der Waals surface area contributed by atoms with Crippen molar-refractivity contribution in [3.8, 4) is 5.69 Å². The molecule has 2 saturated heterocycles. The number of fused-ring (bicyclic) bond motifs is 1. The molecule has 0 N–H and O–H groups in total. The van der Waals surface area contributed by atoms with Gasteiger partial charge in [-0.25, -0.2) is 9.07 Å². The third kappa shape index (κ3) is 3.26. The molecule has 6 nitrogen and oxygen atoms in total. The zero-order valence-electron chi connectivity index (χ0n) is 16.9. The van der Waals surface area contributed by atoms with E-state index in [1.165, 1.54) is 12.1 Å². The van der Waals surface area contributed by atoms with Gasteiger partial charge in [0.25, 0.3) is 5.91 Å². The molecule has 154 valence electrons. The number of nitrogens with zero attached hydrogens (tertiary/aromatic N) is 3. The first-order valence-electron chi connectivity index (χ1n) is 10.3. The molecule has 1 atom stereocenters. The fraction of sp³-hybridized carbons (Fsp3) is 0.545. The fourth-order valence-electron chi connectivity index (χ4n) is 5.03. The Morgan fingerprint density at radius 3 is 2.86 bits per heavy atom. The minimum atomic E-state index is -0.449. The Bertz CT molecular complexity index is 962. The van der Waals surface area contributed by atoms with Gasteiger partial charge in [0.15, 0.2) is 5.69 Å². The summed E-state index contributed by atoms with van der Waals surface area (Å²) in [4.78, 5) is 15.4. The van der Waals surface area contributed by atoms with Crippen LogP contribution in [0.3, 0.4) is 0 Å². The van der Waals surface area contributed by atoms with Gasteiger partial charge in [0.05, 0.1) is 24.4 Å². The Morgan fingerprint density at radius 2 is 2.10 bits per heavy atom. The molecule has 1 amide bonds. The molecule has 5 rings (SSSR count). The molecule has 0 saturated carbocycles. The van der Waals surface area contributed by atoms with Crippen LogP contribution in [0.25, 0.3) is 5.69 Å². The van der Waals surface area contributed by atoms with Crippen LogP contribution in [-0.4, -0.2) is 58.1 Å². The van der Waals surface area contributed by atoms with Crippen molar-refractivity contribution in [2.45, 2.75) is 50.7 Å². The van der Waals surface area contributed by atoms with Crippen molar-refractivity contribution in [3.05, 3.63) is 47.0 Å². The van der Waals surface area contributed by atoms with E-state index in [0.29, 0.717) is 37.7 Å². The van der Waals surface area contributed by atoms with E-state index in [1.807, 2.05) is 24.8 Å². The SMILES string of the molecule is CC1(C)CN(C(=O)c2nn(-c3cccc(F)c3)c3c2CCC3)C[C@@]2(CCOC2)O1. The van der Waals surface area contributed by atoms with Gasteiger partial charge in [0, 0.05) is 30.8 Å². The van der Waals surface area contributed by atoms with Gasteiger partial charge >= 0.3 is 0 Å². The normalized spacial score (nSPS) is 25.6. The van der Waals surface area contributed by atoms with Gasteiger partial charge in [-0.15, -0.1) is 0 Å². The fourth-order valence-corrected chi connectivity index (χ4v) is 5.03. The molecule has 2 fully saturated rings. The van der Waals surface area contributed by atoms with Crippen LogP contribution in [0.15, 0.2) is 24.3 Å². The standard InChI is InChI=1S/C22H26FN3O3/c1-21(2)12-25(13-22(29-21)9-10-28-14-22)20(27)19-17-7-4-8-18(17)26(24-19)16-6-3-5-15(23)11-16/h3,5-6,11H,4,7-10,12-14H2,1-2H3/t22-/m1/s1. The van der Waals surface area contributed by atoms with Gasteiger partial charge in [-0.3, -0.25) is 4.79 Å². The molecule has 1 aliphatic carbocycles. The van der Waals surface area contributed by atoms with Gasteiger partial charge < -0.3 is 14.4 Å². The number of halogens is 1. The summed E-state index contributed by atoms with van der Waals surface area (Å²) in [6, 6.07) is 6.37. The molecule has 2 aliphatic heterocycles. The summed E-state index contributed by atoms with van der Waals surface area (Å²) in [7, 11) is 0. The zero-order valence-corrected chi connectivity index (χ0v) is 16.9. The molecule has 29 heavy (non-hydrogen) atoms. The van der Waals surface area contributed by atoms with E-state index >= 15 is 0 Å². The van der Waals surface area contributed by atoms with E-state index in [-0.39, 0.29) is 11.7 Å². The Hall–Kier alpha value is -2.25. The smallest absolute Gasteiger partial charge is 0.274 e. The molecule has 1 spiro atoms. The number of hydrogen-bond donors (Lipinski definition) is 0. The summed E-state index contributed by atoms with van der Waals surface area (Å²) in [5.74, 6) is -0.378. The Kier molecular flexibility index (Phi) is 4.29. The second kappa shape index (κ2) is 6.64. The van der Waals surface area contributed by atoms with Crippen LogP contribution in [0, 0.1) is 5.82 Å². The molecule has 0 bridgehead atoms. The molecule has 3 aliphatic rings. The van der Waals surface area contributed by atoms with E-state index in [1.54, 1.807) is 10.7 Å². The largest absolute Gasteiger partial charge is 0.378 e. The van der Waals surface area contributed by atoms with E-state index in [2.05, 4.69) is 5.10 Å². The summed E-state index contributed by atoms with van der Waals surface area (Å²) in [6.07, 6.45) is 3.44. The first kappa shape index (κ1) is 18.8. The van der Waals surface area contributed by atoms with Crippen molar-refractivity contribution < 1.29 is 18.7 Å². The van der Waals surface area contributed by atoms with Crippen molar-refractivity contribution in [1.82, 2.24) is 14.7 Å². The van der Waals surface area contributed by atoms with Crippen molar-refractivity contribution in [3.63, 3.8) is 0 Å². The van der Waals surface area contributed by atoms with Crippen LogP contribution in [0.2, 0.25) is 0 Å². The summed E-state index contributed by atoms with van der Waals surface area (Å²) in [5.41, 5.74) is 2.28. The Morgan fingerprint density at radius 1 is 1.24 bits per heavy atom. The average Bonchev–Trinajstić information content (AvgIpc) is 3.36. The van der Waals surface area contributed by atoms with Gasteiger partial charge in [-0.05, 0) is 51.3 Å². The monoisotopic (exact) mass is 399 g/mol. The van der Waals surface area contributed by atoms with E-state index < -0.39 is 11.2 Å². The lowest BCUT2D eigenvalue weighted by Gasteiger charge is -2.47. The van der Waals surface area contributed by atoms with Crippen molar-refractivity contribution in [2.75, 3.05) is 26.3 Å². The van der Waals surface area contributed by atoms with Gasteiger partial charge in [0.1, 0.15) is 11.4 Å². The van der Waals surface area contributed by atoms with Crippen molar-refractivity contribution >= 4 is 5.91 Å². The molecule has 7 heteroatoms. The molecule has 2 aromatic rings. The number of ether oxygens (including phenoxy) is 2. The summed E-state index contributed by atoms with van der Waals surface area (Å²) >= 11 is 0. The van der Waals surface area contributed by atoms with Crippen LogP contribution in [0.4, 0.5) is 4.39 Å². The third-order valence-electron chi connectivity index (χ3n) is 6.08. The molecular formula is C22H26FN3O3. The molecular weight excluding hydrogens is 373 g/mol. The quantitative estimate of drug-likeness (QED) is 0.779. The van der Waals surface area contributed by atoms with Crippen LogP contribution < -0.4 is 0 Å².